The van der Waals surface area contributed by atoms with Crippen LogP contribution in [0.2, 0.25) is 0 Å². The fraction of sp³-hybridized carbons (Fsp3) is 0.565. The van der Waals surface area contributed by atoms with Crippen molar-refractivity contribution in [2.24, 2.45) is 11.8 Å². The maximum atomic E-state index is 12.6. The highest BCUT2D eigenvalue weighted by Crippen LogP contribution is 2.37. The van der Waals surface area contributed by atoms with Crippen LogP contribution >= 0.6 is 0 Å². The number of aryl methyl sites for hydroxylation is 1. The van der Waals surface area contributed by atoms with Gasteiger partial charge in [-0.25, -0.2) is 4.98 Å². The van der Waals surface area contributed by atoms with Crippen LogP contribution in [0.25, 0.3) is 10.9 Å². The number of carbonyl (C=O) groups excluding carboxylic acids is 2. The SMILES string of the molecule is CCCC1CC(=O)NC2CC(NC(=O)CCn3cnc4ccccc4c3=O)CCC12. The molecule has 2 amide bonds. The number of rotatable bonds is 6. The summed E-state index contributed by atoms with van der Waals surface area (Å²) in [5.74, 6) is 1.08. The van der Waals surface area contributed by atoms with Crippen molar-refractivity contribution in [1.82, 2.24) is 20.2 Å². The predicted molar refractivity (Wildman–Crippen MR) is 115 cm³/mol. The molecule has 2 fully saturated rings. The smallest absolute Gasteiger partial charge is 0.261 e. The molecular weight excluding hydrogens is 380 g/mol. The van der Waals surface area contributed by atoms with Crippen molar-refractivity contribution in [2.45, 2.75) is 70.5 Å². The Morgan fingerprint density at radius 3 is 2.93 bits per heavy atom. The normalized spacial score (nSPS) is 26.1. The number of nitrogens with one attached hydrogen (secondary N) is 2. The lowest BCUT2D eigenvalue weighted by Gasteiger charge is -2.44. The first-order valence-electron chi connectivity index (χ1n) is 11.1. The second-order valence-corrected chi connectivity index (χ2v) is 8.68. The molecule has 4 rings (SSSR count). The van der Waals surface area contributed by atoms with E-state index < -0.39 is 0 Å². The lowest BCUT2D eigenvalue weighted by molar-refractivity contribution is -0.127. The van der Waals surface area contributed by atoms with Gasteiger partial charge < -0.3 is 10.6 Å². The van der Waals surface area contributed by atoms with Crippen molar-refractivity contribution in [3.05, 3.63) is 40.9 Å². The van der Waals surface area contributed by atoms with E-state index in [0.29, 0.717) is 35.7 Å². The van der Waals surface area contributed by atoms with Crippen LogP contribution in [0.15, 0.2) is 35.4 Å². The molecule has 1 aliphatic heterocycles. The van der Waals surface area contributed by atoms with Gasteiger partial charge in [-0.1, -0.05) is 25.5 Å². The first-order valence-corrected chi connectivity index (χ1v) is 11.1. The van der Waals surface area contributed by atoms with Crippen molar-refractivity contribution < 1.29 is 9.59 Å². The quantitative estimate of drug-likeness (QED) is 0.765. The summed E-state index contributed by atoms with van der Waals surface area (Å²) in [6.07, 6.45) is 7.35. The summed E-state index contributed by atoms with van der Waals surface area (Å²) < 4.78 is 1.50. The van der Waals surface area contributed by atoms with Gasteiger partial charge in [-0.3, -0.25) is 19.0 Å². The maximum Gasteiger partial charge on any atom is 0.261 e. The van der Waals surface area contributed by atoms with Crippen LogP contribution in [0.1, 0.15) is 51.9 Å². The summed E-state index contributed by atoms with van der Waals surface area (Å²) in [5, 5.41) is 6.83. The van der Waals surface area contributed by atoms with Crippen LogP contribution in [0, 0.1) is 11.8 Å². The highest BCUT2D eigenvalue weighted by Gasteiger charge is 2.40. The molecule has 2 aliphatic rings. The highest BCUT2D eigenvalue weighted by atomic mass is 16.2. The van der Waals surface area contributed by atoms with Gasteiger partial charge in [0.05, 0.1) is 17.2 Å². The number of para-hydroxylation sites is 1. The highest BCUT2D eigenvalue weighted by molar-refractivity contribution is 5.78. The van der Waals surface area contributed by atoms with E-state index in [1.54, 1.807) is 12.1 Å². The topological polar surface area (TPSA) is 93.1 Å². The minimum Gasteiger partial charge on any atom is -0.353 e. The summed E-state index contributed by atoms with van der Waals surface area (Å²) in [5.41, 5.74) is 0.539. The third kappa shape index (κ3) is 4.40. The average molecular weight is 411 g/mol. The molecule has 1 saturated carbocycles. The molecule has 0 bridgehead atoms. The zero-order valence-corrected chi connectivity index (χ0v) is 17.5. The van der Waals surface area contributed by atoms with Crippen molar-refractivity contribution in [2.75, 3.05) is 0 Å². The van der Waals surface area contributed by atoms with E-state index in [0.717, 1.165) is 32.1 Å². The monoisotopic (exact) mass is 410 g/mol. The molecule has 160 valence electrons. The van der Waals surface area contributed by atoms with Crippen LogP contribution < -0.4 is 16.2 Å². The van der Waals surface area contributed by atoms with Gasteiger partial charge in [0.1, 0.15) is 0 Å². The second-order valence-electron chi connectivity index (χ2n) is 8.68. The van der Waals surface area contributed by atoms with E-state index in [-0.39, 0.29) is 35.9 Å². The first kappa shape index (κ1) is 20.6. The predicted octanol–water partition coefficient (Wildman–Crippen LogP) is 2.38. The van der Waals surface area contributed by atoms with E-state index in [4.69, 9.17) is 0 Å². The lowest BCUT2D eigenvalue weighted by atomic mass is 9.70. The van der Waals surface area contributed by atoms with Crippen LogP contribution in [-0.2, 0) is 16.1 Å². The van der Waals surface area contributed by atoms with Gasteiger partial charge in [0, 0.05) is 31.5 Å². The van der Waals surface area contributed by atoms with Gasteiger partial charge in [-0.15, -0.1) is 0 Å². The Labute approximate surface area is 176 Å². The number of nitrogens with zero attached hydrogens (tertiary/aromatic N) is 2. The Hall–Kier alpha value is -2.70. The van der Waals surface area contributed by atoms with Crippen LogP contribution in [-0.4, -0.2) is 33.4 Å². The summed E-state index contributed by atoms with van der Waals surface area (Å²) in [4.78, 5) is 41.5. The van der Waals surface area contributed by atoms with Gasteiger partial charge in [0.15, 0.2) is 0 Å². The number of carbonyl (C=O) groups is 2. The first-order chi connectivity index (χ1) is 14.5. The number of amides is 2. The van der Waals surface area contributed by atoms with E-state index >= 15 is 0 Å². The summed E-state index contributed by atoms with van der Waals surface area (Å²) in [6, 6.07) is 7.46. The fourth-order valence-electron chi connectivity index (χ4n) is 5.18. The summed E-state index contributed by atoms with van der Waals surface area (Å²) in [7, 11) is 0. The van der Waals surface area contributed by atoms with Crippen molar-refractivity contribution in [3.8, 4) is 0 Å². The van der Waals surface area contributed by atoms with Gasteiger partial charge in [0.25, 0.3) is 5.56 Å². The van der Waals surface area contributed by atoms with Crippen molar-refractivity contribution in [3.63, 3.8) is 0 Å². The number of benzene rings is 1. The van der Waals surface area contributed by atoms with E-state index in [1.807, 2.05) is 12.1 Å². The van der Waals surface area contributed by atoms with Gasteiger partial charge in [-0.2, -0.15) is 0 Å². The Morgan fingerprint density at radius 1 is 1.27 bits per heavy atom. The van der Waals surface area contributed by atoms with Gasteiger partial charge in [0.2, 0.25) is 11.8 Å². The molecule has 1 aromatic carbocycles. The number of aromatic nitrogens is 2. The van der Waals surface area contributed by atoms with Gasteiger partial charge >= 0.3 is 0 Å². The third-order valence-corrected chi connectivity index (χ3v) is 6.64. The Balaban J connectivity index is 1.32. The minimum atomic E-state index is -0.124. The van der Waals surface area contributed by atoms with Crippen LogP contribution in [0.5, 0.6) is 0 Å². The summed E-state index contributed by atoms with van der Waals surface area (Å²) in [6.45, 7) is 2.47. The molecule has 1 aliphatic carbocycles. The molecule has 2 aromatic rings. The summed E-state index contributed by atoms with van der Waals surface area (Å²) >= 11 is 0. The van der Waals surface area contributed by atoms with Gasteiger partial charge in [-0.05, 0) is 49.7 Å². The molecular formula is C23H30N4O3. The number of piperidine rings is 1. The van der Waals surface area contributed by atoms with Crippen molar-refractivity contribution in [1.29, 1.82) is 0 Å². The molecule has 2 heterocycles. The molecule has 2 N–H and O–H groups in total. The van der Waals surface area contributed by atoms with Crippen molar-refractivity contribution >= 4 is 22.7 Å². The number of fused-ring (bicyclic) bond motifs is 2. The minimum absolute atomic E-state index is 0.0641. The van der Waals surface area contributed by atoms with Crippen LogP contribution in [0.3, 0.4) is 0 Å². The zero-order valence-electron chi connectivity index (χ0n) is 17.5. The molecule has 0 spiro atoms. The second kappa shape index (κ2) is 8.98. The number of hydrogen-bond donors (Lipinski definition) is 2. The van der Waals surface area contributed by atoms with E-state index in [9.17, 15) is 14.4 Å². The molecule has 7 heteroatoms. The molecule has 30 heavy (non-hydrogen) atoms. The maximum absolute atomic E-state index is 12.6. The Morgan fingerprint density at radius 2 is 2.10 bits per heavy atom. The third-order valence-electron chi connectivity index (χ3n) is 6.64. The van der Waals surface area contributed by atoms with E-state index in [1.165, 1.54) is 10.9 Å². The zero-order chi connectivity index (χ0) is 21.1. The Kier molecular flexibility index (Phi) is 6.16. The van der Waals surface area contributed by atoms with E-state index in [2.05, 4.69) is 22.5 Å². The fourth-order valence-corrected chi connectivity index (χ4v) is 5.18. The lowest BCUT2D eigenvalue weighted by Crippen LogP contribution is -2.55. The largest absolute Gasteiger partial charge is 0.353 e. The molecule has 4 unspecified atom stereocenters. The standard InChI is InChI=1S/C23H30N4O3/c1-2-5-15-12-22(29)26-20-13-16(8-9-17(15)20)25-21(28)10-11-27-14-24-19-7-4-3-6-18(19)23(27)30/h3-4,6-7,14-17,20H,2,5,8-13H2,1H3,(H,25,28)(H,26,29). The Bertz CT molecular complexity index is 986. The molecule has 7 nitrogen and oxygen atoms in total. The number of hydrogen-bond acceptors (Lipinski definition) is 4. The molecule has 0 radical (unpaired) electrons. The molecule has 4 atom stereocenters. The van der Waals surface area contributed by atoms with Crippen LogP contribution in [0.4, 0.5) is 0 Å². The average Bonchev–Trinajstić information content (AvgIpc) is 2.73. The molecule has 1 saturated heterocycles. The molecule has 1 aromatic heterocycles.